The molecule has 1 aromatic heterocycles. The van der Waals surface area contributed by atoms with Gasteiger partial charge in [-0.15, -0.1) is 10.2 Å². The van der Waals surface area contributed by atoms with Crippen molar-refractivity contribution in [2.45, 2.75) is 12.8 Å². The van der Waals surface area contributed by atoms with Crippen LogP contribution in [-0.2, 0) is 0 Å². The van der Waals surface area contributed by atoms with Crippen molar-refractivity contribution >= 4 is 5.82 Å². The second kappa shape index (κ2) is 8.68. The van der Waals surface area contributed by atoms with Gasteiger partial charge in [-0.05, 0) is 56.6 Å². The fourth-order valence-electron chi connectivity index (χ4n) is 4.31. The Morgan fingerprint density at radius 2 is 1.79 bits per heavy atom. The van der Waals surface area contributed by atoms with Gasteiger partial charge in [-0.3, -0.25) is 4.90 Å². The maximum Gasteiger partial charge on any atom is 0.151 e. The predicted molar refractivity (Wildman–Crippen MR) is 111 cm³/mol. The molecule has 0 aliphatic carbocycles. The summed E-state index contributed by atoms with van der Waals surface area (Å²) >= 11 is 0. The van der Waals surface area contributed by atoms with Crippen molar-refractivity contribution in [2.24, 2.45) is 5.92 Å². The van der Waals surface area contributed by atoms with E-state index < -0.39 is 0 Å². The first-order valence-corrected chi connectivity index (χ1v) is 10.2. The monoisotopic (exact) mass is 376 g/mol. The molecular weight excluding hydrogens is 348 g/mol. The van der Waals surface area contributed by atoms with Gasteiger partial charge in [0.05, 0.1) is 17.3 Å². The van der Waals surface area contributed by atoms with E-state index in [0.29, 0.717) is 5.56 Å². The highest BCUT2D eigenvalue weighted by Crippen LogP contribution is 2.21. The molecule has 0 radical (unpaired) electrons. The zero-order valence-corrected chi connectivity index (χ0v) is 16.6. The van der Waals surface area contributed by atoms with Gasteiger partial charge in [-0.2, -0.15) is 5.26 Å². The second-order valence-electron chi connectivity index (χ2n) is 8.02. The molecule has 1 unspecified atom stereocenters. The van der Waals surface area contributed by atoms with Crippen molar-refractivity contribution in [2.75, 3.05) is 57.8 Å². The van der Waals surface area contributed by atoms with E-state index in [0.717, 1.165) is 49.2 Å². The molecule has 2 saturated heterocycles. The summed E-state index contributed by atoms with van der Waals surface area (Å²) in [6.45, 7) is 7.92. The van der Waals surface area contributed by atoms with Gasteiger partial charge in [0.15, 0.2) is 5.82 Å². The van der Waals surface area contributed by atoms with E-state index in [1.807, 2.05) is 30.3 Å². The number of piperazine rings is 1. The highest BCUT2D eigenvalue weighted by Gasteiger charge is 2.23. The highest BCUT2D eigenvalue weighted by atomic mass is 15.3. The summed E-state index contributed by atoms with van der Waals surface area (Å²) in [5, 5.41) is 17.8. The molecule has 2 aliphatic rings. The number of aromatic nitrogens is 2. The van der Waals surface area contributed by atoms with Gasteiger partial charge >= 0.3 is 0 Å². The van der Waals surface area contributed by atoms with Crippen LogP contribution < -0.4 is 4.90 Å². The first-order valence-electron chi connectivity index (χ1n) is 10.2. The summed E-state index contributed by atoms with van der Waals surface area (Å²) in [7, 11) is 2.24. The van der Waals surface area contributed by atoms with Gasteiger partial charge in [-0.1, -0.05) is 12.1 Å². The van der Waals surface area contributed by atoms with Gasteiger partial charge in [0.25, 0.3) is 0 Å². The largest absolute Gasteiger partial charge is 0.353 e. The molecule has 4 rings (SSSR count). The maximum absolute atomic E-state index is 8.91. The lowest BCUT2D eigenvalue weighted by Crippen LogP contribution is -2.49. The van der Waals surface area contributed by atoms with Crippen LogP contribution in [0.15, 0.2) is 36.4 Å². The minimum Gasteiger partial charge on any atom is -0.353 e. The predicted octanol–water partition coefficient (Wildman–Crippen LogP) is 2.48. The standard InChI is InChI=1S/C22H28N6/c1-26-10-2-3-19(16-26)17-27-11-13-28(14-12-27)22-9-8-21(24-25-22)20-6-4-18(15-23)5-7-20/h4-9,19H,2-3,10-14,16-17H2,1H3. The number of rotatable bonds is 4. The van der Waals surface area contributed by atoms with Crippen LogP contribution in [0.3, 0.4) is 0 Å². The number of hydrogen-bond donors (Lipinski definition) is 0. The Labute approximate surface area is 167 Å². The first kappa shape index (κ1) is 18.9. The van der Waals surface area contributed by atoms with Crippen molar-refractivity contribution in [3.05, 3.63) is 42.0 Å². The number of anilines is 1. The van der Waals surface area contributed by atoms with Gasteiger partial charge in [0.2, 0.25) is 0 Å². The molecule has 0 amide bonds. The van der Waals surface area contributed by atoms with Crippen LogP contribution in [0.25, 0.3) is 11.3 Å². The molecule has 6 heteroatoms. The third-order valence-electron chi connectivity index (χ3n) is 5.89. The lowest BCUT2D eigenvalue weighted by molar-refractivity contribution is 0.147. The smallest absolute Gasteiger partial charge is 0.151 e. The molecule has 146 valence electrons. The number of nitriles is 1. The molecule has 2 aromatic rings. The summed E-state index contributed by atoms with van der Waals surface area (Å²) in [6.07, 6.45) is 2.70. The Hall–Kier alpha value is -2.49. The van der Waals surface area contributed by atoms with Crippen LogP contribution >= 0.6 is 0 Å². The summed E-state index contributed by atoms with van der Waals surface area (Å²) in [4.78, 5) is 7.41. The molecule has 0 saturated carbocycles. The third kappa shape index (κ3) is 4.49. The number of piperidine rings is 1. The third-order valence-corrected chi connectivity index (χ3v) is 5.89. The van der Waals surface area contributed by atoms with E-state index in [4.69, 9.17) is 5.26 Å². The van der Waals surface area contributed by atoms with Gasteiger partial charge in [0, 0.05) is 44.8 Å². The van der Waals surface area contributed by atoms with Crippen molar-refractivity contribution in [1.29, 1.82) is 5.26 Å². The van der Waals surface area contributed by atoms with Crippen LogP contribution in [0, 0.1) is 17.2 Å². The summed E-state index contributed by atoms with van der Waals surface area (Å²) in [5.41, 5.74) is 2.49. The van der Waals surface area contributed by atoms with Crippen LogP contribution in [-0.4, -0.2) is 72.9 Å². The average molecular weight is 377 g/mol. The maximum atomic E-state index is 8.91. The summed E-state index contributed by atoms with van der Waals surface area (Å²) in [6, 6.07) is 13.7. The van der Waals surface area contributed by atoms with Gasteiger partial charge < -0.3 is 9.80 Å². The molecule has 0 bridgehead atoms. The first-order chi connectivity index (χ1) is 13.7. The van der Waals surface area contributed by atoms with Gasteiger partial charge in [0.1, 0.15) is 0 Å². The molecule has 6 nitrogen and oxygen atoms in total. The van der Waals surface area contributed by atoms with Gasteiger partial charge in [-0.25, -0.2) is 0 Å². The van der Waals surface area contributed by atoms with Crippen LogP contribution in [0.2, 0.25) is 0 Å². The molecule has 3 heterocycles. The van der Waals surface area contributed by atoms with Crippen LogP contribution in [0.4, 0.5) is 5.82 Å². The lowest BCUT2D eigenvalue weighted by atomic mass is 9.97. The summed E-state index contributed by atoms with van der Waals surface area (Å²) < 4.78 is 0. The zero-order chi connectivity index (χ0) is 19.3. The van der Waals surface area contributed by atoms with E-state index in [9.17, 15) is 0 Å². The Kier molecular flexibility index (Phi) is 5.84. The minimum atomic E-state index is 0.658. The molecule has 2 fully saturated rings. The van der Waals surface area contributed by atoms with Crippen LogP contribution in [0.1, 0.15) is 18.4 Å². The van der Waals surface area contributed by atoms with E-state index in [2.05, 4.69) is 44.1 Å². The topological polar surface area (TPSA) is 59.3 Å². The Balaban J connectivity index is 1.31. The highest BCUT2D eigenvalue weighted by molar-refractivity contribution is 5.60. The SMILES string of the molecule is CN1CCCC(CN2CCN(c3ccc(-c4ccc(C#N)cc4)nn3)CC2)C1. The molecule has 1 aromatic carbocycles. The molecule has 1 atom stereocenters. The number of likely N-dealkylation sites (tertiary alicyclic amines) is 1. The number of nitrogens with zero attached hydrogens (tertiary/aromatic N) is 6. The molecule has 28 heavy (non-hydrogen) atoms. The lowest BCUT2D eigenvalue weighted by Gasteiger charge is -2.38. The average Bonchev–Trinajstić information content (AvgIpc) is 2.75. The molecular formula is C22H28N6. The van der Waals surface area contributed by atoms with Crippen molar-refractivity contribution < 1.29 is 0 Å². The normalized spacial score (nSPS) is 21.4. The van der Waals surface area contributed by atoms with E-state index in [1.165, 1.54) is 32.5 Å². The number of benzene rings is 1. The van der Waals surface area contributed by atoms with Crippen LogP contribution in [0.5, 0.6) is 0 Å². The van der Waals surface area contributed by atoms with Crippen molar-refractivity contribution in [1.82, 2.24) is 20.0 Å². The Morgan fingerprint density at radius 3 is 2.43 bits per heavy atom. The molecule has 0 spiro atoms. The minimum absolute atomic E-state index is 0.658. The second-order valence-corrected chi connectivity index (χ2v) is 8.02. The number of hydrogen-bond acceptors (Lipinski definition) is 6. The molecule has 0 N–H and O–H groups in total. The fourth-order valence-corrected chi connectivity index (χ4v) is 4.31. The van der Waals surface area contributed by atoms with E-state index in [1.54, 1.807) is 0 Å². The van der Waals surface area contributed by atoms with Crippen molar-refractivity contribution in [3.63, 3.8) is 0 Å². The fraction of sp³-hybridized carbons (Fsp3) is 0.500. The van der Waals surface area contributed by atoms with E-state index in [-0.39, 0.29) is 0 Å². The summed E-state index contributed by atoms with van der Waals surface area (Å²) in [5.74, 6) is 1.77. The van der Waals surface area contributed by atoms with Crippen molar-refractivity contribution in [3.8, 4) is 17.3 Å². The van der Waals surface area contributed by atoms with E-state index >= 15 is 0 Å². The Morgan fingerprint density at radius 1 is 1.00 bits per heavy atom. The molecule has 2 aliphatic heterocycles. The Bertz CT molecular complexity index is 802. The zero-order valence-electron chi connectivity index (χ0n) is 16.6. The quantitative estimate of drug-likeness (QED) is 0.817.